The van der Waals surface area contributed by atoms with Crippen LogP contribution in [0.1, 0.15) is 6.42 Å². The molecule has 2 fully saturated rings. The molecule has 13 heavy (non-hydrogen) atoms. The Balaban J connectivity index is 1.87. The SMILES string of the molecule is Brc1nnc(N2C[C@H]3C[C@@H]2CO3)s1. The first-order valence-electron chi connectivity index (χ1n) is 4.20. The number of morpholine rings is 1. The number of hydrogen-bond donors (Lipinski definition) is 0. The van der Waals surface area contributed by atoms with Crippen LogP contribution in [0.5, 0.6) is 0 Å². The van der Waals surface area contributed by atoms with Gasteiger partial charge in [0.05, 0.1) is 18.8 Å². The molecule has 0 aliphatic carbocycles. The Kier molecular flexibility index (Phi) is 1.81. The third-order valence-electron chi connectivity index (χ3n) is 2.54. The molecule has 1 aromatic heterocycles. The van der Waals surface area contributed by atoms with Crippen LogP contribution in [-0.4, -0.2) is 35.5 Å². The summed E-state index contributed by atoms with van der Waals surface area (Å²) in [5.41, 5.74) is 0. The smallest absolute Gasteiger partial charge is 0.209 e. The third-order valence-corrected chi connectivity index (χ3v) is 3.93. The molecule has 2 aliphatic heterocycles. The first-order valence-corrected chi connectivity index (χ1v) is 5.81. The van der Waals surface area contributed by atoms with Crippen molar-refractivity contribution in [3.05, 3.63) is 3.92 Å². The van der Waals surface area contributed by atoms with Crippen LogP contribution in [0.25, 0.3) is 0 Å². The van der Waals surface area contributed by atoms with E-state index in [0.717, 1.165) is 28.6 Å². The van der Waals surface area contributed by atoms with E-state index in [-0.39, 0.29) is 0 Å². The van der Waals surface area contributed by atoms with E-state index in [2.05, 4.69) is 31.0 Å². The standard InChI is InChI=1S/C7H8BrN3OS/c8-6-9-10-7(13-6)11-2-5-1-4(11)3-12-5/h4-5H,1-3H2/t4-,5-/m1/s1. The van der Waals surface area contributed by atoms with Crippen LogP contribution < -0.4 is 4.90 Å². The number of anilines is 1. The van der Waals surface area contributed by atoms with Gasteiger partial charge in [0.15, 0.2) is 3.92 Å². The summed E-state index contributed by atoms with van der Waals surface area (Å²) in [7, 11) is 0. The van der Waals surface area contributed by atoms with Crippen LogP contribution >= 0.6 is 27.3 Å². The van der Waals surface area contributed by atoms with Crippen molar-refractivity contribution in [1.82, 2.24) is 10.2 Å². The van der Waals surface area contributed by atoms with Gasteiger partial charge in [-0.3, -0.25) is 0 Å². The largest absolute Gasteiger partial charge is 0.374 e. The minimum absolute atomic E-state index is 0.424. The van der Waals surface area contributed by atoms with Crippen LogP contribution in [0.4, 0.5) is 5.13 Å². The molecule has 0 saturated carbocycles. The monoisotopic (exact) mass is 261 g/mol. The summed E-state index contributed by atoms with van der Waals surface area (Å²) in [4.78, 5) is 2.30. The van der Waals surface area contributed by atoms with Crippen molar-refractivity contribution in [3.8, 4) is 0 Å². The highest BCUT2D eigenvalue weighted by molar-refractivity contribution is 9.11. The van der Waals surface area contributed by atoms with Crippen molar-refractivity contribution in [3.63, 3.8) is 0 Å². The highest BCUT2D eigenvalue weighted by Gasteiger charge is 2.40. The second-order valence-corrected chi connectivity index (χ2v) is 5.57. The maximum atomic E-state index is 5.51. The van der Waals surface area contributed by atoms with Gasteiger partial charge in [-0.05, 0) is 22.4 Å². The van der Waals surface area contributed by atoms with Gasteiger partial charge in [-0.25, -0.2) is 0 Å². The molecular formula is C7H8BrN3OS. The topological polar surface area (TPSA) is 38.2 Å². The number of ether oxygens (including phenoxy) is 1. The number of fused-ring (bicyclic) bond motifs is 2. The average Bonchev–Trinajstić information content (AvgIpc) is 2.77. The lowest BCUT2D eigenvalue weighted by molar-refractivity contribution is 0.0991. The highest BCUT2D eigenvalue weighted by Crippen LogP contribution is 2.34. The highest BCUT2D eigenvalue weighted by atomic mass is 79.9. The van der Waals surface area contributed by atoms with Crippen LogP contribution in [0.3, 0.4) is 0 Å². The molecule has 2 saturated heterocycles. The fourth-order valence-corrected chi connectivity index (χ4v) is 3.12. The number of hydrogen-bond acceptors (Lipinski definition) is 5. The normalized spacial score (nSPS) is 31.6. The number of nitrogens with zero attached hydrogens (tertiary/aromatic N) is 3. The van der Waals surface area contributed by atoms with Gasteiger partial charge in [-0.15, -0.1) is 10.2 Å². The Morgan fingerprint density at radius 2 is 2.46 bits per heavy atom. The first kappa shape index (κ1) is 8.14. The van der Waals surface area contributed by atoms with Crippen LogP contribution in [-0.2, 0) is 4.74 Å². The summed E-state index contributed by atoms with van der Waals surface area (Å²) in [5, 5.41) is 9.07. The lowest BCUT2D eigenvalue weighted by atomic mass is 10.2. The summed E-state index contributed by atoms with van der Waals surface area (Å²) in [6.07, 6.45) is 1.57. The molecule has 1 aromatic rings. The minimum Gasteiger partial charge on any atom is -0.374 e. The van der Waals surface area contributed by atoms with E-state index in [9.17, 15) is 0 Å². The van der Waals surface area contributed by atoms with Crippen LogP contribution in [0, 0.1) is 0 Å². The molecule has 0 radical (unpaired) electrons. The van der Waals surface area contributed by atoms with Crippen molar-refractivity contribution in [2.45, 2.75) is 18.6 Å². The maximum absolute atomic E-state index is 5.51. The summed E-state index contributed by atoms with van der Waals surface area (Å²) >= 11 is 4.91. The summed E-state index contributed by atoms with van der Waals surface area (Å²) in [6, 6.07) is 0.532. The fraction of sp³-hybridized carbons (Fsp3) is 0.714. The fourth-order valence-electron chi connectivity index (χ4n) is 1.95. The van der Waals surface area contributed by atoms with Gasteiger partial charge in [0, 0.05) is 6.54 Å². The quantitative estimate of drug-likeness (QED) is 0.764. The first-order chi connectivity index (χ1) is 6.33. The number of rotatable bonds is 1. The van der Waals surface area contributed by atoms with Gasteiger partial charge >= 0.3 is 0 Å². The second-order valence-electron chi connectivity index (χ2n) is 3.33. The molecular weight excluding hydrogens is 254 g/mol. The zero-order chi connectivity index (χ0) is 8.84. The molecule has 2 atom stereocenters. The molecule has 0 N–H and O–H groups in total. The minimum atomic E-state index is 0.424. The van der Waals surface area contributed by atoms with Gasteiger partial charge < -0.3 is 9.64 Å². The predicted molar refractivity (Wildman–Crippen MR) is 53.1 cm³/mol. The third kappa shape index (κ3) is 1.28. The van der Waals surface area contributed by atoms with Crippen molar-refractivity contribution in [2.75, 3.05) is 18.1 Å². The number of aromatic nitrogens is 2. The van der Waals surface area contributed by atoms with Gasteiger partial charge in [-0.1, -0.05) is 11.3 Å². The molecule has 3 rings (SSSR count). The van der Waals surface area contributed by atoms with Gasteiger partial charge in [0.2, 0.25) is 5.13 Å². The Morgan fingerprint density at radius 1 is 1.54 bits per heavy atom. The second kappa shape index (κ2) is 2.90. The molecule has 3 heterocycles. The average molecular weight is 262 g/mol. The van der Waals surface area contributed by atoms with Crippen molar-refractivity contribution < 1.29 is 4.74 Å². The molecule has 0 aromatic carbocycles. The zero-order valence-corrected chi connectivity index (χ0v) is 9.21. The Bertz CT molecular complexity index is 331. The Labute approximate surface area is 88.0 Å². The van der Waals surface area contributed by atoms with E-state index in [0.29, 0.717) is 12.1 Å². The lowest BCUT2D eigenvalue weighted by Gasteiger charge is -2.25. The molecule has 4 nitrogen and oxygen atoms in total. The maximum Gasteiger partial charge on any atom is 0.209 e. The summed E-state index contributed by atoms with van der Waals surface area (Å²) in [6.45, 7) is 1.83. The Morgan fingerprint density at radius 3 is 3.00 bits per heavy atom. The van der Waals surface area contributed by atoms with Crippen molar-refractivity contribution >= 4 is 32.4 Å². The summed E-state index contributed by atoms with van der Waals surface area (Å²) < 4.78 is 6.37. The van der Waals surface area contributed by atoms with E-state index in [1.807, 2.05) is 0 Å². The Hall–Kier alpha value is -0.200. The van der Waals surface area contributed by atoms with Gasteiger partial charge in [0.25, 0.3) is 0 Å². The molecule has 0 unspecified atom stereocenters. The van der Waals surface area contributed by atoms with E-state index in [1.54, 1.807) is 11.3 Å². The predicted octanol–water partition coefficient (Wildman–Crippen LogP) is 1.28. The zero-order valence-electron chi connectivity index (χ0n) is 6.81. The molecule has 0 spiro atoms. The van der Waals surface area contributed by atoms with E-state index in [4.69, 9.17) is 4.74 Å². The van der Waals surface area contributed by atoms with E-state index < -0.39 is 0 Å². The van der Waals surface area contributed by atoms with Crippen molar-refractivity contribution in [1.29, 1.82) is 0 Å². The molecule has 70 valence electrons. The number of halogens is 1. The summed E-state index contributed by atoms with van der Waals surface area (Å²) in [5.74, 6) is 0. The van der Waals surface area contributed by atoms with Crippen LogP contribution in [0.2, 0.25) is 0 Å². The van der Waals surface area contributed by atoms with Crippen molar-refractivity contribution in [2.24, 2.45) is 0 Å². The molecule has 2 bridgehead atoms. The van der Waals surface area contributed by atoms with E-state index in [1.165, 1.54) is 0 Å². The lowest BCUT2D eigenvalue weighted by Crippen LogP contribution is -2.36. The van der Waals surface area contributed by atoms with Gasteiger partial charge in [-0.2, -0.15) is 0 Å². The molecule has 2 aliphatic rings. The molecule has 6 heteroatoms. The van der Waals surface area contributed by atoms with E-state index >= 15 is 0 Å². The van der Waals surface area contributed by atoms with Gasteiger partial charge in [0.1, 0.15) is 0 Å². The molecule has 0 amide bonds. The van der Waals surface area contributed by atoms with Crippen LogP contribution in [0.15, 0.2) is 3.92 Å².